The smallest absolute Gasteiger partial charge is 0.133 e. The summed E-state index contributed by atoms with van der Waals surface area (Å²) in [7, 11) is -2.81. The van der Waals surface area contributed by atoms with E-state index < -0.39 is 14.4 Å². The molecule has 0 saturated heterocycles. The molecule has 23 heavy (non-hydrogen) atoms. The van der Waals surface area contributed by atoms with Crippen molar-refractivity contribution in [3.8, 4) is 0 Å². The third-order valence-electron chi connectivity index (χ3n) is 2.81. The van der Waals surface area contributed by atoms with Crippen LogP contribution in [-0.2, 0) is 9.09 Å². The maximum Gasteiger partial charge on any atom is 0.695 e. The van der Waals surface area contributed by atoms with E-state index in [9.17, 15) is 9.46 Å². The molecule has 0 radical (unpaired) electrons. The standard InChI is InChI=1S/C13H5Br6O3P/c14-5-1-7(16)11(8(17)2-5)13(22-23(20)21)12-9(18)3-6(15)4-10(12)19/h1-4,13H/p+1. The van der Waals surface area contributed by atoms with Crippen LogP contribution in [0.4, 0.5) is 0 Å². The van der Waals surface area contributed by atoms with Crippen LogP contribution in [0, 0.1) is 0 Å². The van der Waals surface area contributed by atoms with Crippen LogP contribution in [0.15, 0.2) is 51.1 Å². The Hall–Kier alpha value is 1.34. The molecule has 0 aliphatic rings. The molecule has 0 aliphatic carbocycles. The van der Waals surface area contributed by atoms with E-state index in [1.807, 2.05) is 24.3 Å². The Morgan fingerprint density at radius 1 is 0.783 bits per heavy atom. The van der Waals surface area contributed by atoms with Crippen LogP contribution in [0.3, 0.4) is 0 Å². The molecule has 1 unspecified atom stereocenters. The average Bonchev–Trinajstić information content (AvgIpc) is 2.34. The van der Waals surface area contributed by atoms with Crippen molar-refractivity contribution in [2.24, 2.45) is 0 Å². The highest BCUT2D eigenvalue weighted by Crippen LogP contribution is 2.47. The van der Waals surface area contributed by atoms with Crippen molar-refractivity contribution < 1.29 is 14.0 Å². The summed E-state index contributed by atoms with van der Waals surface area (Å²) in [6.07, 6.45) is -0.766. The lowest BCUT2D eigenvalue weighted by Crippen LogP contribution is -2.07. The Kier molecular flexibility index (Phi) is 7.92. The molecule has 0 heterocycles. The summed E-state index contributed by atoms with van der Waals surface area (Å²) in [5.41, 5.74) is 1.41. The minimum atomic E-state index is -2.81. The molecule has 1 atom stereocenters. The topological polar surface area (TPSA) is 46.5 Å². The van der Waals surface area contributed by atoms with Crippen LogP contribution in [0.5, 0.6) is 0 Å². The van der Waals surface area contributed by atoms with Crippen LogP contribution in [-0.4, -0.2) is 4.89 Å². The van der Waals surface area contributed by atoms with Gasteiger partial charge in [0.25, 0.3) is 0 Å². The van der Waals surface area contributed by atoms with Crippen molar-refractivity contribution in [2.45, 2.75) is 6.10 Å². The van der Waals surface area contributed by atoms with Gasteiger partial charge in [-0.1, -0.05) is 95.6 Å². The molecule has 0 fully saturated rings. The van der Waals surface area contributed by atoms with Crippen molar-refractivity contribution in [3.05, 3.63) is 62.2 Å². The minimum Gasteiger partial charge on any atom is -0.133 e. The lowest BCUT2D eigenvalue weighted by Gasteiger charge is -2.18. The Morgan fingerprint density at radius 2 is 1.09 bits per heavy atom. The number of hydrogen-bond donors (Lipinski definition) is 1. The van der Waals surface area contributed by atoms with Crippen LogP contribution >= 0.6 is 104 Å². The first-order chi connectivity index (χ1) is 10.7. The largest absolute Gasteiger partial charge is 0.695 e. The number of rotatable bonds is 4. The first kappa shape index (κ1) is 20.6. The third kappa shape index (κ3) is 5.17. The van der Waals surface area contributed by atoms with Gasteiger partial charge in [-0.25, -0.2) is 0 Å². The number of benzene rings is 2. The van der Waals surface area contributed by atoms with Crippen LogP contribution < -0.4 is 0 Å². The van der Waals surface area contributed by atoms with E-state index in [0.29, 0.717) is 11.1 Å². The van der Waals surface area contributed by atoms with E-state index in [0.717, 1.165) is 26.8 Å². The van der Waals surface area contributed by atoms with Gasteiger partial charge in [-0.15, -0.1) is 9.42 Å². The fraction of sp³-hybridized carbons (Fsp3) is 0.0769. The second kappa shape index (κ2) is 8.82. The van der Waals surface area contributed by atoms with Gasteiger partial charge in [0, 0.05) is 42.5 Å². The first-order valence-electron chi connectivity index (χ1n) is 5.82. The normalized spacial score (nSPS) is 11.9. The molecule has 0 spiro atoms. The fourth-order valence-electron chi connectivity index (χ4n) is 1.95. The van der Waals surface area contributed by atoms with Gasteiger partial charge in [-0.05, 0) is 24.3 Å². The third-order valence-corrected chi connectivity index (χ3v) is 6.74. The molecule has 10 heteroatoms. The highest BCUT2D eigenvalue weighted by Gasteiger charge is 2.33. The number of halogens is 6. The summed E-state index contributed by atoms with van der Waals surface area (Å²) < 4.78 is 21.4. The van der Waals surface area contributed by atoms with Crippen LogP contribution in [0.1, 0.15) is 17.2 Å². The first-order valence-corrected chi connectivity index (χ1v) is 11.7. The second-order valence-electron chi connectivity index (χ2n) is 4.29. The maximum absolute atomic E-state index is 11.4. The van der Waals surface area contributed by atoms with Gasteiger partial charge in [0.2, 0.25) is 0 Å². The van der Waals surface area contributed by atoms with E-state index in [1.54, 1.807) is 0 Å². The molecule has 0 saturated carbocycles. The van der Waals surface area contributed by atoms with Crippen LogP contribution in [0.2, 0.25) is 0 Å². The Balaban J connectivity index is 2.72. The maximum atomic E-state index is 11.4. The van der Waals surface area contributed by atoms with Crippen molar-refractivity contribution in [1.29, 1.82) is 0 Å². The summed E-state index contributed by atoms with van der Waals surface area (Å²) >= 11 is 20.8. The molecule has 0 amide bonds. The molecular weight excluding hydrogens is 715 g/mol. The van der Waals surface area contributed by atoms with Crippen molar-refractivity contribution in [3.63, 3.8) is 0 Å². The lowest BCUT2D eigenvalue weighted by atomic mass is 10.0. The van der Waals surface area contributed by atoms with E-state index in [1.165, 1.54) is 0 Å². The zero-order valence-electron chi connectivity index (χ0n) is 10.9. The van der Waals surface area contributed by atoms with Crippen LogP contribution in [0.25, 0.3) is 0 Å². The summed E-state index contributed by atoms with van der Waals surface area (Å²) in [4.78, 5) is 9.33. The zero-order valence-corrected chi connectivity index (χ0v) is 21.3. The molecule has 0 aliphatic heterocycles. The van der Waals surface area contributed by atoms with E-state index in [4.69, 9.17) is 4.52 Å². The van der Waals surface area contributed by atoms with Crippen molar-refractivity contribution in [2.75, 3.05) is 0 Å². The highest BCUT2D eigenvalue weighted by molar-refractivity contribution is 9.12. The number of hydrogen-bond acceptors (Lipinski definition) is 2. The Bertz CT molecular complexity index is 679. The predicted octanol–water partition coefficient (Wildman–Crippen LogP) is 8.02. The van der Waals surface area contributed by atoms with Gasteiger partial charge in [0.1, 0.15) is 0 Å². The molecular formula is C13H6Br6O3P+. The quantitative estimate of drug-likeness (QED) is 0.326. The molecule has 122 valence electrons. The minimum absolute atomic E-state index is 0.703. The Morgan fingerprint density at radius 3 is 1.35 bits per heavy atom. The molecule has 2 aromatic carbocycles. The molecule has 3 nitrogen and oxygen atoms in total. The summed E-state index contributed by atoms with van der Waals surface area (Å²) in [5, 5.41) is 0. The fourth-order valence-corrected chi connectivity index (χ4v) is 7.69. The molecule has 0 aromatic heterocycles. The van der Waals surface area contributed by atoms with Gasteiger partial charge < -0.3 is 0 Å². The van der Waals surface area contributed by atoms with Crippen molar-refractivity contribution >= 4 is 104 Å². The summed E-state index contributed by atoms with van der Waals surface area (Å²) in [6.45, 7) is 0. The van der Waals surface area contributed by atoms with Gasteiger partial charge >= 0.3 is 8.25 Å². The molecule has 0 bridgehead atoms. The van der Waals surface area contributed by atoms with E-state index in [-0.39, 0.29) is 0 Å². The van der Waals surface area contributed by atoms with Gasteiger partial charge in [0.15, 0.2) is 6.10 Å². The summed E-state index contributed by atoms with van der Waals surface area (Å²) in [6, 6.07) is 7.40. The van der Waals surface area contributed by atoms with Gasteiger partial charge in [-0.3, -0.25) is 0 Å². The van der Waals surface area contributed by atoms with E-state index >= 15 is 0 Å². The molecule has 1 N–H and O–H groups in total. The predicted molar refractivity (Wildman–Crippen MR) is 112 cm³/mol. The van der Waals surface area contributed by atoms with Crippen molar-refractivity contribution in [1.82, 2.24) is 0 Å². The zero-order chi connectivity index (χ0) is 17.3. The molecule has 2 aromatic rings. The van der Waals surface area contributed by atoms with Gasteiger partial charge in [-0.2, -0.15) is 0 Å². The van der Waals surface area contributed by atoms with E-state index in [2.05, 4.69) is 95.6 Å². The SMILES string of the molecule is O=[P+](O)OC(c1c(Br)cc(Br)cc1Br)c1c(Br)cc(Br)cc1Br. The average molecular weight is 721 g/mol. The van der Waals surface area contributed by atoms with Gasteiger partial charge in [0.05, 0.1) is 0 Å². The summed E-state index contributed by atoms with van der Waals surface area (Å²) in [5.74, 6) is 0. The monoisotopic (exact) mass is 715 g/mol. The Labute approximate surface area is 184 Å². The highest BCUT2D eigenvalue weighted by atomic mass is 79.9. The second-order valence-corrected chi connectivity index (χ2v) is 10.2. The molecule has 2 rings (SSSR count). The lowest BCUT2D eigenvalue weighted by molar-refractivity contribution is 0.223.